The summed E-state index contributed by atoms with van der Waals surface area (Å²) in [4.78, 5) is 22.5. The molecule has 0 spiro atoms. The van der Waals surface area contributed by atoms with Crippen molar-refractivity contribution in [3.63, 3.8) is 0 Å². The Morgan fingerprint density at radius 3 is 2.87 bits per heavy atom. The number of aromatic nitrogens is 2. The summed E-state index contributed by atoms with van der Waals surface area (Å²) >= 11 is 1.60. The number of nitrogens with one attached hydrogen (secondary N) is 1. The molecule has 23 heavy (non-hydrogen) atoms. The summed E-state index contributed by atoms with van der Waals surface area (Å²) < 4.78 is 5.42. The summed E-state index contributed by atoms with van der Waals surface area (Å²) in [5, 5.41) is 4.39. The third-order valence-electron chi connectivity index (χ3n) is 3.59. The lowest BCUT2D eigenvalue weighted by molar-refractivity contribution is 0.0288. The Labute approximate surface area is 142 Å². The van der Waals surface area contributed by atoms with Gasteiger partial charge >= 0.3 is 6.09 Å². The van der Waals surface area contributed by atoms with Crippen molar-refractivity contribution in [2.45, 2.75) is 44.4 Å². The van der Waals surface area contributed by atoms with Crippen molar-refractivity contribution in [2.75, 3.05) is 25.9 Å². The van der Waals surface area contributed by atoms with Gasteiger partial charge in [0.15, 0.2) is 0 Å². The maximum atomic E-state index is 12.0. The minimum atomic E-state index is -0.437. The highest BCUT2D eigenvalue weighted by Crippen LogP contribution is 2.19. The van der Waals surface area contributed by atoms with E-state index in [4.69, 9.17) is 4.74 Å². The molecule has 0 unspecified atom stereocenters. The molecule has 1 N–H and O–H groups in total. The number of nitrogens with zero attached hydrogens (tertiary/aromatic N) is 3. The van der Waals surface area contributed by atoms with Crippen LogP contribution in [0.15, 0.2) is 17.4 Å². The van der Waals surface area contributed by atoms with Crippen molar-refractivity contribution in [1.29, 1.82) is 0 Å². The van der Waals surface area contributed by atoms with Crippen LogP contribution in [-0.4, -0.2) is 52.5 Å². The number of amides is 1. The summed E-state index contributed by atoms with van der Waals surface area (Å²) in [5.74, 6) is 0.455. The Balaban J connectivity index is 1.75. The number of carbonyl (C=O) groups excluding carboxylic acids is 1. The molecule has 1 aromatic heterocycles. The normalized spacial score (nSPS) is 18.3. The van der Waals surface area contributed by atoms with Gasteiger partial charge in [-0.25, -0.2) is 9.78 Å². The number of hydrogen-bond acceptors (Lipinski definition) is 6. The number of likely N-dealkylation sites (tertiary alicyclic amines) is 1. The highest BCUT2D eigenvalue weighted by molar-refractivity contribution is 7.98. The van der Waals surface area contributed by atoms with E-state index in [0.717, 1.165) is 36.8 Å². The maximum absolute atomic E-state index is 12.0. The van der Waals surface area contributed by atoms with E-state index in [1.54, 1.807) is 29.1 Å². The van der Waals surface area contributed by atoms with Crippen molar-refractivity contribution in [3.8, 4) is 0 Å². The Bertz CT molecular complexity index is 533. The third-order valence-corrected chi connectivity index (χ3v) is 4.32. The minimum Gasteiger partial charge on any atom is -0.444 e. The quantitative estimate of drug-likeness (QED) is 0.832. The average molecular weight is 338 g/mol. The summed E-state index contributed by atoms with van der Waals surface area (Å²) in [7, 11) is 0. The molecule has 1 aliphatic heterocycles. The molecule has 1 saturated heterocycles. The van der Waals surface area contributed by atoms with Gasteiger partial charge in [0.1, 0.15) is 10.6 Å². The molecule has 0 aromatic carbocycles. The van der Waals surface area contributed by atoms with E-state index in [2.05, 4.69) is 15.3 Å². The van der Waals surface area contributed by atoms with Crippen LogP contribution in [0.5, 0.6) is 0 Å². The van der Waals surface area contributed by atoms with Crippen molar-refractivity contribution in [3.05, 3.63) is 18.1 Å². The first-order valence-electron chi connectivity index (χ1n) is 7.91. The van der Waals surface area contributed by atoms with Crippen molar-refractivity contribution in [1.82, 2.24) is 20.2 Å². The molecule has 0 saturated carbocycles. The fourth-order valence-corrected chi connectivity index (χ4v) is 3.06. The lowest BCUT2D eigenvalue weighted by Gasteiger charge is -2.24. The van der Waals surface area contributed by atoms with Crippen LogP contribution in [0.4, 0.5) is 4.79 Å². The SMILES string of the molecule is CSc1nccnc1CNC[C@@H]1CCN(C(=O)OC(C)(C)C)C1. The second-order valence-corrected chi connectivity index (χ2v) is 7.52. The molecular formula is C16H26N4O2S. The van der Waals surface area contributed by atoms with E-state index < -0.39 is 5.60 Å². The van der Waals surface area contributed by atoms with Crippen molar-refractivity contribution in [2.24, 2.45) is 5.92 Å². The maximum Gasteiger partial charge on any atom is 0.410 e. The first-order valence-corrected chi connectivity index (χ1v) is 9.14. The van der Waals surface area contributed by atoms with Gasteiger partial charge in [0, 0.05) is 38.6 Å². The molecule has 128 valence electrons. The first-order chi connectivity index (χ1) is 10.9. The predicted octanol–water partition coefficient (Wildman–Crippen LogP) is 2.55. The predicted molar refractivity (Wildman–Crippen MR) is 91.4 cm³/mol. The van der Waals surface area contributed by atoms with Crippen LogP contribution in [0.3, 0.4) is 0 Å². The van der Waals surface area contributed by atoms with Gasteiger partial charge in [-0.05, 0) is 39.4 Å². The monoisotopic (exact) mass is 338 g/mol. The molecule has 1 aromatic rings. The Kier molecular flexibility index (Phi) is 6.24. The largest absolute Gasteiger partial charge is 0.444 e. The Morgan fingerprint density at radius 1 is 1.43 bits per heavy atom. The standard InChI is InChI=1S/C16H26N4O2S/c1-16(2,3)22-15(21)20-8-5-12(11-20)9-17-10-13-14(23-4)19-7-6-18-13/h6-7,12,17H,5,8-11H2,1-4H3/t12-/m0/s1. The second-order valence-electron chi connectivity index (χ2n) is 6.72. The summed E-state index contributed by atoms with van der Waals surface area (Å²) in [6.07, 6.45) is 6.23. The van der Waals surface area contributed by atoms with Gasteiger partial charge in [0.25, 0.3) is 0 Å². The zero-order valence-electron chi connectivity index (χ0n) is 14.3. The van der Waals surface area contributed by atoms with Crippen LogP contribution >= 0.6 is 11.8 Å². The zero-order valence-corrected chi connectivity index (χ0v) is 15.2. The van der Waals surface area contributed by atoms with Crippen molar-refractivity contribution < 1.29 is 9.53 Å². The van der Waals surface area contributed by atoms with Crippen LogP contribution in [0.1, 0.15) is 32.9 Å². The molecule has 2 rings (SSSR count). The molecule has 6 nitrogen and oxygen atoms in total. The van der Waals surface area contributed by atoms with E-state index in [9.17, 15) is 4.79 Å². The van der Waals surface area contributed by atoms with Crippen LogP contribution in [0.2, 0.25) is 0 Å². The highest BCUT2D eigenvalue weighted by Gasteiger charge is 2.29. The highest BCUT2D eigenvalue weighted by atomic mass is 32.2. The van der Waals surface area contributed by atoms with E-state index in [-0.39, 0.29) is 6.09 Å². The molecule has 0 bridgehead atoms. The smallest absolute Gasteiger partial charge is 0.410 e. The van der Waals surface area contributed by atoms with Crippen molar-refractivity contribution >= 4 is 17.9 Å². The third kappa shape index (κ3) is 5.66. The van der Waals surface area contributed by atoms with Gasteiger partial charge in [-0.2, -0.15) is 0 Å². The van der Waals surface area contributed by atoms with Gasteiger partial charge in [-0.1, -0.05) is 0 Å². The van der Waals surface area contributed by atoms with Gasteiger partial charge in [-0.3, -0.25) is 4.98 Å². The number of ether oxygens (including phenoxy) is 1. The lowest BCUT2D eigenvalue weighted by Crippen LogP contribution is -2.36. The number of rotatable bonds is 5. The molecule has 1 amide bonds. The summed E-state index contributed by atoms with van der Waals surface area (Å²) in [6.45, 7) is 8.76. The van der Waals surface area contributed by atoms with E-state index in [1.807, 2.05) is 27.0 Å². The molecule has 1 atom stereocenters. The lowest BCUT2D eigenvalue weighted by atomic mass is 10.1. The molecule has 2 heterocycles. The number of carbonyl (C=O) groups is 1. The Hall–Kier alpha value is -1.34. The summed E-state index contributed by atoms with van der Waals surface area (Å²) in [5.41, 5.74) is 0.537. The van der Waals surface area contributed by atoms with Crippen LogP contribution in [0.25, 0.3) is 0 Å². The fourth-order valence-electron chi connectivity index (χ4n) is 2.53. The number of thioether (sulfide) groups is 1. The average Bonchev–Trinajstić information content (AvgIpc) is 2.95. The van der Waals surface area contributed by atoms with Crippen LogP contribution < -0.4 is 5.32 Å². The van der Waals surface area contributed by atoms with Gasteiger partial charge in [-0.15, -0.1) is 11.8 Å². The topological polar surface area (TPSA) is 67.4 Å². The van der Waals surface area contributed by atoms with E-state index in [1.165, 1.54) is 0 Å². The summed E-state index contributed by atoms with van der Waals surface area (Å²) in [6, 6.07) is 0. The van der Waals surface area contributed by atoms with E-state index in [0.29, 0.717) is 12.5 Å². The molecule has 7 heteroatoms. The molecule has 1 fully saturated rings. The minimum absolute atomic E-state index is 0.210. The first kappa shape index (κ1) is 18.0. The van der Waals surface area contributed by atoms with Gasteiger partial charge in [0.2, 0.25) is 0 Å². The van der Waals surface area contributed by atoms with Gasteiger partial charge < -0.3 is 15.0 Å². The van der Waals surface area contributed by atoms with E-state index >= 15 is 0 Å². The molecular weight excluding hydrogens is 312 g/mol. The number of hydrogen-bond donors (Lipinski definition) is 1. The second kappa shape index (κ2) is 7.97. The fraction of sp³-hybridized carbons (Fsp3) is 0.688. The zero-order chi connectivity index (χ0) is 16.9. The van der Waals surface area contributed by atoms with Crippen LogP contribution in [0, 0.1) is 5.92 Å². The Morgan fingerprint density at radius 2 is 2.17 bits per heavy atom. The molecule has 1 aliphatic rings. The van der Waals surface area contributed by atoms with Gasteiger partial charge in [0.05, 0.1) is 5.69 Å². The molecule has 0 aliphatic carbocycles. The molecule has 0 radical (unpaired) electrons. The van der Waals surface area contributed by atoms with Crippen LogP contribution in [-0.2, 0) is 11.3 Å².